The number of esters is 1. The van der Waals surface area contributed by atoms with Crippen molar-refractivity contribution in [3.63, 3.8) is 0 Å². The Morgan fingerprint density at radius 1 is 1.13 bits per heavy atom. The van der Waals surface area contributed by atoms with Crippen molar-refractivity contribution in [1.29, 1.82) is 0 Å². The molecule has 0 spiro atoms. The number of anilines is 1. The number of aryl methyl sites for hydroxylation is 1. The average Bonchev–Trinajstić information content (AvgIpc) is 3.41. The number of thiazole rings is 1. The van der Waals surface area contributed by atoms with Crippen molar-refractivity contribution in [2.24, 2.45) is 5.10 Å². The van der Waals surface area contributed by atoms with Gasteiger partial charge in [0.15, 0.2) is 4.96 Å². The molecule has 0 amide bonds. The summed E-state index contributed by atoms with van der Waals surface area (Å²) in [4.78, 5) is 30.8. The molecule has 5 rings (SSSR count). The Morgan fingerprint density at radius 2 is 1.90 bits per heavy atom. The first-order chi connectivity index (χ1) is 14.6. The standard InChI is InChI=1S/C21H16N4O3S2/c1-3-28-20(27)17-23-25(13-10-8-12(2)9-11-13)19(30-17)16-18(26)24-15-7-5-4-6-14(15)22-21(24)29-16/h4-11H,3H2,1-2H3/b19-16-. The molecule has 9 heteroatoms. The van der Waals surface area contributed by atoms with Crippen LogP contribution in [-0.4, -0.2) is 27.0 Å². The van der Waals surface area contributed by atoms with Crippen LogP contribution >= 0.6 is 23.1 Å². The van der Waals surface area contributed by atoms with E-state index in [-0.39, 0.29) is 17.2 Å². The molecule has 1 aliphatic rings. The van der Waals surface area contributed by atoms with Crippen molar-refractivity contribution in [1.82, 2.24) is 9.38 Å². The summed E-state index contributed by atoms with van der Waals surface area (Å²) in [6.45, 7) is 4.00. The van der Waals surface area contributed by atoms with Gasteiger partial charge in [-0.2, -0.15) is 5.10 Å². The number of para-hydroxylation sites is 2. The SMILES string of the molecule is CCOC(=O)C1=NN(c2ccc(C)cc2)/C(=c2/sc3nc4ccccc4n3c2=O)S1. The zero-order chi connectivity index (χ0) is 20.8. The van der Waals surface area contributed by atoms with E-state index in [0.717, 1.165) is 34.0 Å². The van der Waals surface area contributed by atoms with Gasteiger partial charge in [-0.25, -0.2) is 19.2 Å². The Bertz CT molecular complexity index is 1440. The van der Waals surface area contributed by atoms with Crippen molar-refractivity contribution in [3.8, 4) is 0 Å². The topological polar surface area (TPSA) is 76.3 Å². The summed E-state index contributed by atoms with van der Waals surface area (Å²) in [6, 6.07) is 15.3. The Labute approximate surface area is 179 Å². The van der Waals surface area contributed by atoms with Crippen LogP contribution in [0, 0.1) is 6.92 Å². The number of carbonyl (C=O) groups is 1. The maximum atomic E-state index is 13.3. The number of rotatable bonds is 3. The number of imidazole rings is 1. The number of aromatic nitrogens is 2. The van der Waals surface area contributed by atoms with Gasteiger partial charge in [-0.15, -0.1) is 0 Å². The molecular formula is C21H16N4O3S2. The lowest BCUT2D eigenvalue weighted by Crippen LogP contribution is -2.28. The molecule has 3 heterocycles. The molecule has 2 aromatic carbocycles. The molecule has 0 saturated carbocycles. The van der Waals surface area contributed by atoms with Crippen molar-refractivity contribution in [3.05, 3.63) is 69.0 Å². The molecule has 150 valence electrons. The largest absolute Gasteiger partial charge is 0.461 e. The van der Waals surface area contributed by atoms with Gasteiger partial charge in [-0.1, -0.05) is 41.2 Å². The van der Waals surface area contributed by atoms with Gasteiger partial charge in [0, 0.05) is 0 Å². The molecule has 30 heavy (non-hydrogen) atoms. The number of benzene rings is 2. The molecule has 7 nitrogen and oxygen atoms in total. The normalized spacial score (nSPS) is 15.8. The van der Waals surface area contributed by atoms with Gasteiger partial charge in [0.25, 0.3) is 5.56 Å². The molecule has 0 N–H and O–H groups in total. The smallest absolute Gasteiger partial charge is 0.365 e. The van der Waals surface area contributed by atoms with Gasteiger partial charge >= 0.3 is 5.97 Å². The molecule has 2 aromatic heterocycles. The van der Waals surface area contributed by atoms with Crippen LogP contribution in [0.1, 0.15) is 12.5 Å². The Hall–Kier alpha value is -3.17. The van der Waals surface area contributed by atoms with Crippen molar-refractivity contribution < 1.29 is 9.53 Å². The zero-order valence-electron chi connectivity index (χ0n) is 16.2. The van der Waals surface area contributed by atoms with E-state index in [2.05, 4.69) is 10.1 Å². The highest BCUT2D eigenvalue weighted by Gasteiger charge is 2.31. The van der Waals surface area contributed by atoms with Gasteiger partial charge in [-0.05, 0) is 49.9 Å². The van der Waals surface area contributed by atoms with Crippen LogP contribution in [0.2, 0.25) is 0 Å². The van der Waals surface area contributed by atoms with Crippen molar-refractivity contribution in [2.75, 3.05) is 11.6 Å². The molecule has 0 fully saturated rings. The number of hydrogen-bond acceptors (Lipinski definition) is 8. The third-order valence-corrected chi connectivity index (χ3v) is 6.79. The lowest BCUT2D eigenvalue weighted by atomic mass is 10.2. The first-order valence-electron chi connectivity index (χ1n) is 9.31. The third kappa shape index (κ3) is 2.98. The van der Waals surface area contributed by atoms with Crippen LogP contribution in [0.4, 0.5) is 5.69 Å². The van der Waals surface area contributed by atoms with Gasteiger partial charge < -0.3 is 4.74 Å². The summed E-state index contributed by atoms with van der Waals surface area (Å²) in [7, 11) is 0. The van der Waals surface area contributed by atoms with Gasteiger partial charge in [0.05, 0.1) is 23.3 Å². The van der Waals surface area contributed by atoms with Gasteiger partial charge in [0.2, 0.25) is 5.04 Å². The van der Waals surface area contributed by atoms with Crippen LogP contribution in [0.15, 0.2) is 58.4 Å². The number of hydrogen-bond donors (Lipinski definition) is 0. The molecule has 0 bridgehead atoms. The minimum Gasteiger partial charge on any atom is -0.461 e. The Kier molecular flexibility index (Phi) is 4.56. The highest BCUT2D eigenvalue weighted by atomic mass is 32.2. The van der Waals surface area contributed by atoms with Crippen LogP contribution in [0.5, 0.6) is 0 Å². The van der Waals surface area contributed by atoms with E-state index < -0.39 is 5.97 Å². The molecule has 4 aromatic rings. The average molecular weight is 437 g/mol. The van der Waals surface area contributed by atoms with E-state index in [0.29, 0.717) is 14.5 Å². The number of ether oxygens (including phenoxy) is 1. The second-order valence-electron chi connectivity index (χ2n) is 6.64. The molecule has 0 radical (unpaired) electrons. The second-order valence-corrected chi connectivity index (χ2v) is 8.59. The maximum Gasteiger partial charge on any atom is 0.365 e. The summed E-state index contributed by atoms with van der Waals surface area (Å²) >= 11 is 2.43. The van der Waals surface area contributed by atoms with E-state index in [1.54, 1.807) is 16.3 Å². The number of hydrazone groups is 1. The van der Waals surface area contributed by atoms with Crippen LogP contribution in [0.3, 0.4) is 0 Å². The molecule has 0 atom stereocenters. The fourth-order valence-corrected chi connectivity index (χ4v) is 5.27. The van der Waals surface area contributed by atoms with Crippen molar-refractivity contribution >= 4 is 60.8 Å². The Morgan fingerprint density at radius 3 is 2.67 bits per heavy atom. The number of fused-ring (bicyclic) bond motifs is 3. The fourth-order valence-electron chi connectivity index (χ4n) is 3.21. The lowest BCUT2D eigenvalue weighted by molar-refractivity contribution is -0.134. The monoisotopic (exact) mass is 436 g/mol. The lowest BCUT2D eigenvalue weighted by Gasteiger charge is -2.14. The molecule has 0 aliphatic carbocycles. The Balaban J connectivity index is 1.74. The highest BCUT2D eigenvalue weighted by molar-refractivity contribution is 8.23. The van der Waals surface area contributed by atoms with Gasteiger partial charge in [0.1, 0.15) is 9.56 Å². The number of nitrogens with zero attached hydrogens (tertiary/aromatic N) is 4. The summed E-state index contributed by atoms with van der Waals surface area (Å²) in [5.74, 6) is -0.506. The summed E-state index contributed by atoms with van der Waals surface area (Å²) in [5.41, 5.74) is 3.22. The molecule has 1 aliphatic heterocycles. The highest BCUT2D eigenvalue weighted by Crippen LogP contribution is 2.35. The quantitative estimate of drug-likeness (QED) is 0.459. The van der Waals surface area contributed by atoms with E-state index in [1.807, 2.05) is 55.5 Å². The van der Waals surface area contributed by atoms with Gasteiger partial charge in [-0.3, -0.25) is 4.79 Å². The summed E-state index contributed by atoms with van der Waals surface area (Å²) < 4.78 is 7.22. The first kappa shape index (κ1) is 18.8. The first-order valence-corrected chi connectivity index (χ1v) is 10.9. The maximum absolute atomic E-state index is 13.3. The number of thioether (sulfide) groups is 1. The predicted molar refractivity (Wildman–Crippen MR) is 121 cm³/mol. The molecule has 0 saturated heterocycles. The van der Waals surface area contributed by atoms with Crippen molar-refractivity contribution in [2.45, 2.75) is 13.8 Å². The van der Waals surface area contributed by atoms with E-state index in [4.69, 9.17) is 4.74 Å². The second kappa shape index (κ2) is 7.26. The minimum absolute atomic E-state index is 0.177. The number of carbonyl (C=O) groups excluding carboxylic acids is 1. The third-order valence-electron chi connectivity index (χ3n) is 4.62. The molecule has 0 unspecified atom stereocenters. The fraction of sp³-hybridized carbons (Fsp3) is 0.143. The summed E-state index contributed by atoms with van der Waals surface area (Å²) in [5, 5.41) is 6.86. The minimum atomic E-state index is -0.506. The van der Waals surface area contributed by atoms with Crippen LogP contribution < -0.4 is 15.1 Å². The van der Waals surface area contributed by atoms with E-state index >= 15 is 0 Å². The predicted octanol–water partition coefficient (Wildman–Crippen LogP) is 3.13. The van der Waals surface area contributed by atoms with E-state index in [9.17, 15) is 9.59 Å². The van der Waals surface area contributed by atoms with Crippen LogP contribution in [-0.2, 0) is 9.53 Å². The molecular weight excluding hydrogens is 420 g/mol. The zero-order valence-corrected chi connectivity index (χ0v) is 17.8. The summed E-state index contributed by atoms with van der Waals surface area (Å²) in [6.07, 6.45) is 0. The van der Waals surface area contributed by atoms with Crippen LogP contribution in [0.25, 0.3) is 21.0 Å². The van der Waals surface area contributed by atoms with E-state index in [1.165, 1.54) is 11.3 Å².